The van der Waals surface area contributed by atoms with Crippen molar-refractivity contribution in [3.8, 4) is 0 Å². The van der Waals surface area contributed by atoms with Crippen molar-refractivity contribution in [3.05, 3.63) is 33.9 Å². The van der Waals surface area contributed by atoms with E-state index in [1.165, 1.54) is 18.2 Å². The number of rotatable bonds is 1. The van der Waals surface area contributed by atoms with Crippen LogP contribution in [0.5, 0.6) is 0 Å². The van der Waals surface area contributed by atoms with E-state index in [-0.39, 0.29) is 17.5 Å². The Bertz CT molecular complexity index is 470. The lowest BCUT2D eigenvalue weighted by atomic mass is 9.95. The van der Waals surface area contributed by atoms with E-state index in [0.29, 0.717) is 17.7 Å². The van der Waals surface area contributed by atoms with Gasteiger partial charge in [-0.3, -0.25) is 14.9 Å². The molecule has 1 atom stereocenters. The predicted molar refractivity (Wildman–Crippen MR) is 59.9 cm³/mol. The molecule has 0 spiro atoms. The first-order chi connectivity index (χ1) is 7.50. The number of non-ortho nitro benzene ring substituents is 1. The average molecular weight is 220 g/mol. The van der Waals surface area contributed by atoms with Crippen LogP contribution in [0.1, 0.15) is 23.7 Å². The van der Waals surface area contributed by atoms with Gasteiger partial charge in [-0.05, 0) is 13.0 Å². The molecule has 5 nitrogen and oxygen atoms in total. The molecule has 0 saturated heterocycles. The smallest absolute Gasteiger partial charge is 0.271 e. The van der Waals surface area contributed by atoms with Crippen LogP contribution in [0.15, 0.2) is 18.2 Å². The topological polar surface area (TPSA) is 63.4 Å². The van der Waals surface area contributed by atoms with Gasteiger partial charge >= 0.3 is 0 Å². The molecule has 0 aliphatic carbocycles. The third-order valence-electron chi connectivity index (χ3n) is 3.01. The molecule has 1 unspecified atom stereocenters. The third-order valence-corrected chi connectivity index (χ3v) is 3.01. The second-order valence-corrected chi connectivity index (χ2v) is 4.05. The van der Waals surface area contributed by atoms with Gasteiger partial charge in [0.2, 0.25) is 0 Å². The van der Waals surface area contributed by atoms with Gasteiger partial charge in [-0.25, -0.2) is 0 Å². The van der Waals surface area contributed by atoms with Gasteiger partial charge in [-0.15, -0.1) is 0 Å². The number of nitro benzene ring substituents is 1. The minimum absolute atomic E-state index is 0.0208. The van der Waals surface area contributed by atoms with Gasteiger partial charge in [0.05, 0.1) is 10.6 Å². The Labute approximate surface area is 92.8 Å². The molecular weight excluding hydrogens is 208 g/mol. The van der Waals surface area contributed by atoms with Crippen molar-refractivity contribution in [3.63, 3.8) is 0 Å². The quantitative estimate of drug-likeness (QED) is 0.536. The zero-order valence-electron chi connectivity index (χ0n) is 9.14. The summed E-state index contributed by atoms with van der Waals surface area (Å²) in [5, 5.41) is 10.7. The fraction of sp³-hybridized carbons (Fsp3) is 0.364. The van der Waals surface area contributed by atoms with E-state index < -0.39 is 4.92 Å². The monoisotopic (exact) mass is 220 g/mol. The number of benzene rings is 1. The lowest BCUT2D eigenvalue weighted by molar-refractivity contribution is -0.384. The fourth-order valence-electron chi connectivity index (χ4n) is 1.91. The summed E-state index contributed by atoms with van der Waals surface area (Å²) in [5.41, 5.74) is 1.25. The van der Waals surface area contributed by atoms with Crippen LogP contribution < -0.4 is 4.90 Å². The standard InChI is InChI=1S/C11H12N2O3/c1-7-5-11(14)9-4-3-8(13(15)16)6-10(9)12(7)2/h3-4,6-7H,5H2,1-2H3. The fourth-order valence-corrected chi connectivity index (χ4v) is 1.91. The van der Waals surface area contributed by atoms with Crippen LogP contribution in [0, 0.1) is 10.1 Å². The van der Waals surface area contributed by atoms with E-state index in [9.17, 15) is 14.9 Å². The van der Waals surface area contributed by atoms with E-state index in [0.717, 1.165) is 0 Å². The maximum absolute atomic E-state index is 11.7. The molecular formula is C11H12N2O3. The second-order valence-electron chi connectivity index (χ2n) is 4.05. The molecule has 1 aromatic carbocycles. The Morgan fingerprint density at radius 2 is 2.19 bits per heavy atom. The maximum Gasteiger partial charge on any atom is 0.271 e. The number of anilines is 1. The van der Waals surface area contributed by atoms with Crippen LogP contribution in [0.25, 0.3) is 0 Å². The first-order valence-electron chi connectivity index (χ1n) is 5.05. The van der Waals surface area contributed by atoms with Crippen LogP contribution in [0.3, 0.4) is 0 Å². The van der Waals surface area contributed by atoms with Gasteiger partial charge in [0.25, 0.3) is 5.69 Å². The Morgan fingerprint density at radius 1 is 1.50 bits per heavy atom. The molecule has 0 radical (unpaired) electrons. The molecule has 1 heterocycles. The molecule has 1 aliphatic heterocycles. The number of ketones is 1. The van der Waals surface area contributed by atoms with E-state index >= 15 is 0 Å². The number of nitrogens with zero attached hydrogens (tertiary/aromatic N) is 2. The van der Waals surface area contributed by atoms with Gasteiger partial charge in [0.15, 0.2) is 5.78 Å². The van der Waals surface area contributed by atoms with Gasteiger partial charge in [-0.1, -0.05) is 0 Å². The van der Waals surface area contributed by atoms with E-state index in [2.05, 4.69) is 0 Å². The summed E-state index contributed by atoms with van der Waals surface area (Å²) in [5.74, 6) is 0.0514. The normalized spacial score (nSPS) is 19.5. The molecule has 2 rings (SSSR count). The number of nitro groups is 1. The first-order valence-corrected chi connectivity index (χ1v) is 5.05. The Morgan fingerprint density at radius 3 is 2.81 bits per heavy atom. The van der Waals surface area contributed by atoms with Gasteiger partial charge in [0.1, 0.15) is 0 Å². The molecule has 1 aromatic rings. The molecule has 16 heavy (non-hydrogen) atoms. The minimum Gasteiger partial charge on any atom is -0.371 e. The lowest BCUT2D eigenvalue weighted by Crippen LogP contribution is -2.36. The van der Waals surface area contributed by atoms with Gasteiger partial charge in [-0.2, -0.15) is 0 Å². The Hall–Kier alpha value is -1.91. The van der Waals surface area contributed by atoms with Gasteiger partial charge in [0, 0.05) is 37.2 Å². The summed E-state index contributed by atoms with van der Waals surface area (Å²) in [4.78, 5) is 23.8. The maximum atomic E-state index is 11.7. The summed E-state index contributed by atoms with van der Waals surface area (Å²) in [7, 11) is 1.85. The summed E-state index contributed by atoms with van der Waals surface area (Å²) in [6.45, 7) is 1.93. The molecule has 0 saturated carbocycles. The van der Waals surface area contributed by atoms with Crippen LogP contribution in [-0.2, 0) is 0 Å². The highest BCUT2D eigenvalue weighted by molar-refractivity contribution is 6.04. The SMILES string of the molecule is CC1CC(=O)c2ccc([N+](=O)[O-])cc2N1C. The highest BCUT2D eigenvalue weighted by atomic mass is 16.6. The Kier molecular flexibility index (Phi) is 2.38. The highest BCUT2D eigenvalue weighted by Crippen LogP contribution is 2.32. The van der Waals surface area contributed by atoms with E-state index in [1.54, 1.807) is 0 Å². The zero-order chi connectivity index (χ0) is 11.9. The summed E-state index contributed by atoms with van der Waals surface area (Å²) < 4.78 is 0. The highest BCUT2D eigenvalue weighted by Gasteiger charge is 2.27. The van der Waals surface area contributed by atoms with Crippen molar-refractivity contribution in [2.24, 2.45) is 0 Å². The van der Waals surface area contributed by atoms with Crippen molar-refractivity contribution < 1.29 is 9.72 Å². The summed E-state index contributed by atoms with van der Waals surface area (Å²) in [6.07, 6.45) is 0.460. The molecule has 0 aromatic heterocycles. The zero-order valence-corrected chi connectivity index (χ0v) is 9.14. The molecule has 0 N–H and O–H groups in total. The minimum atomic E-state index is -0.447. The largest absolute Gasteiger partial charge is 0.371 e. The number of hydrogen-bond donors (Lipinski definition) is 0. The van der Waals surface area contributed by atoms with Crippen molar-refractivity contribution >= 4 is 17.2 Å². The van der Waals surface area contributed by atoms with Crippen molar-refractivity contribution in [1.82, 2.24) is 0 Å². The van der Waals surface area contributed by atoms with Crippen LogP contribution in [-0.4, -0.2) is 23.8 Å². The average Bonchev–Trinajstić information content (AvgIpc) is 2.25. The van der Waals surface area contributed by atoms with Crippen molar-refractivity contribution in [2.45, 2.75) is 19.4 Å². The number of fused-ring (bicyclic) bond motifs is 1. The second kappa shape index (κ2) is 3.59. The molecule has 1 aliphatic rings. The molecule has 0 amide bonds. The van der Waals surface area contributed by atoms with E-state index in [4.69, 9.17) is 0 Å². The Balaban J connectivity index is 2.55. The van der Waals surface area contributed by atoms with Crippen molar-refractivity contribution in [2.75, 3.05) is 11.9 Å². The summed E-state index contributed by atoms with van der Waals surface area (Å²) >= 11 is 0. The predicted octanol–water partition coefficient (Wildman–Crippen LogP) is 2.01. The van der Waals surface area contributed by atoms with E-state index in [1.807, 2.05) is 18.9 Å². The van der Waals surface area contributed by atoms with Crippen molar-refractivity contribution in [1.29, 1.82) is 0 Å². The molecule has 84 valence electrons. The lowest BCUT2D eigenvalue weighted by Gasteiger charge is -2.32. The van der Waals surface area contributed by atoms with Crippen LogP contribution >= 0.6 is 0 Å². The molecule has 0 bridgehead atoms. The molecule has 0 fully saturated rings. The van der Waals surface area contributed by atoms with Crippen LogP contribution in [0.4, 0.5) is 11.4 Å². The van der Waals surface area contributed by atoms with Gasteiger partial charge < -0.3 is 4.90 Å². The first kappa shape index (κ1) is 10.6. The van der Waals surface area contributed by atoms with Crippen LogP contribution in [0.2, 0.25) is 0 Å². The number of carbonyl (C=O) groups is 1. The third kappa shape index (κ3) is 1.54. The summed E-state index contributed by atoms with van der Waals surface area (Å²) in [6, 6.07) is 4.46. The number of hydrogen-bond acceptors (Lipinski definition) is 4. The number of Topliss-reactive ketones (excluding diaryl/α,β-unsaturated/α-hetero) is 1. The molecule has 5 heteroatoms. The number of carbonyl (C=O) groups excluding carboxylic acids is 1.